The molecule has 0 aliphatic carbocycles. The van der Waals surface area contributed by atoms with Crippen LogP contribution in [-0.4, -0.2) is 11.9 Å². The molecule has 102 valence electrons. The molecule has 0 aliphatic heterocycles. The first-order valence-corrected chi connectivity index (χ1v) is 6.67. The van der Waals surface area contributed by atoms with Crippen molar-refractivity contribution in [1.29, 1.82) is 0 Å². The first-order chi connectivity index (χ1) is 9.10. The molecule has 2 aromatic rings. The van der Waals surface area contributed by atoms with Crippen molar-refractivity contribution in [2.45, 2.75) is 26.6 Å². The molecule has 0 radical (unpaired) electrons. The van der Waals surface area contributed by atoms with Gasteiger partial charge in [-0.3, -0.25) is 4.90 Å². The second kappa shape index (κ2) is 6.24. The second-order valence-electron chi connectivity index (χ2n) is 4.80. The van der Waals surface area contributed by atoms with E-state index in [1.165, 1.54) is 5.56 Å². The van der Waals surface area contributed by atoms with Crippen LogP contribution in [0.1, 0.15) is 22.5 Å². The maximum absolute atomic E-state index is 6.26. The summed E-state index contributed by atoms with van der Waals surface area (Å²) in [6.07, 6.45) is 1.72. The Labute approximate surface area is 119 Å². The van der Waals surface area contributed by atoms with E-state index < -0.39 is 0 Å². The van der Waals surface area contributed by atoms with Crippen molar-refractivity contribution in [2.24, 2.45) is 5.73 Å². The lowest BCUT2D eigenvalue weighted by Gasteiger charge is -2.17. The summed E-state index contributed by atoms with van der Waals surface area (Å²) in [4.78, 5) is 2.21. The third kappa shape index (κ3) is 3.60. The molecule has 0 spiro atoms. The minimum Gasteiger partial charge on any atom is -0.469 e. The van der Waals surface area contributed by atoms with Gasteiger partial charge >= 0.3 is 0 Å². The Morgan fingerprint density at radius 3 is 2.53 bits per heavy atom. The molecule has 1 aromatic heterocycles. The predicted octanol–water partition coefficient (Wildman–Crippen LogP) is 3.33. The van der Waals surface area contributed by atoms with E-state index in [-0.39, 0.29) is 0 Å². The van der Waals surface area contributed by atoms with E-state index in [1.807, 2.05) is 31.2 Å². The topological polar surface area (TPSA) is 42.4 Å². The van der Waals surface area contributed by atoms with Crippen molar-refractivity contribution in [3.8, 4) is 0 Å². The summed E-state index contributed by atoms with van der Waals surface area (Å²) in [5, 5.41) is 0.777. The lowest BCUT2D eigenvalue weighted by atomic mass is 10.1. The minimum absolute atomic E-state index is 0.518. The normalized spacial score (nSPS) is 11.2. The number of aryl methyl sites for hydroxylation is 1. The van der Waals surface area contributed by atoms with Crippen LogP contribution in [0, 0.1) is 6.92 Å². The van der Waals surface area contributed by atoms with Crippen molar-refractivity contribution >= 4 is 11.6 Å². The highest BCUT2D eigenvalue weighted by molar-refractivity contribution is 6.31. The quantitative estimate of drug-likeness (QED) is 0.912. The first-order valence-electron chi connectivity index (χ1n) is 6.29. The molecular weight excluding hydrogens is 260 g/mol. The molecule has 0 amide bonds. The van der Waals surface area contributed by atoms with Crippen LogP contribution in [0.2, 0.25) is 5.02 Å². The fourth-order valence-corrected chi connectivity index (χ4v) is 2.32. The van der Waals surface area contributed by atoms with Gasteiger partial charge in [-0.25, -0.2) is 0 Å². The predicted molar refractivity (Wildman–Crippen MR) is 78.0 cm³/mol. The van der Waals surface area contributed by atoms with Gasteiger partial charge in [0.25, 0.3) is 0 Å². The zero-order valence-electron chi connectivity index (χ0n) is 11.3. The number of nitrogens with two attached hydrogens (primary N) is 1. The summed E-state index contributed by atoms with van der Waals surface area (Å²) in [5.41, 5.74) is 8.97. The van der Waals surface area contributed by atoms with Gasteiger partial charge in [0, 0.05) is 30.2 Å². The number of halogens is 1. The Balaban J connectivity index is 2.03. The Bertz CT molecular complexity index is 551. The summed E-state index contributed by atoms with van der Waals surface area (Å²) >= 11 is 6.26. The highest BCUT2D eigenvalue weighted by Gasteiger charge is 2.08. The van der Waals surface area contributed by atoms with E-state index in [0.29, 0.717) is 6.54 Å². The van der Waals surface area contributed by atoms with Crippen molar-refractivity contribution in [3.63, 3.8) is 0 Å². The van der Waals surface area contributed by atoms with Crippen LogP contribution in [-0.2, 0) is 19.6 Å². The molecule has 1 aromatic carbocycles. The third-order valence-corrected chi connectivity index (χ3v) is 3.55. The van der Waals surface area contributed by atoms with Crippen LogP contribution >= 0.6 is 11.6 Å². The molecule has 1 heterocycles. The lowest BCUT2D eigenvalue weighted by molar-refractivity contribution is 0.316. The van der Waals surface area contributed by atoms with E-state index in [4.69, 9.17) is 21.8 Å². The zero-order valence-corrected chi connectivity index (χ0v) is 12.1. The largest absolute Gasteiger partial charge is 0.469 e. The SMILES string of the molecule is Cc1occc1CN(C)Cc1ccc(CN)cc1Cl. The fraction of sp³-hybridized carbons (Fsp3) is 0.333. The number of hydrogen-bond donors (Lipinski definition) is 1. The van der Waals surface area contributed by atoms with Gasteiger partial charge in [0.2, 0.25) is 0 Å². The van der Waals surface area contributed by atoms with Crippen LogP contribution < -0.4 is 5.73 Å². The highest BCUT2D eigenvalue weighted by Crippen LogP contribution is 2.20. The molecule has 0 fully saturated rings. The van der Waals surface area contributed by atoms with Crippen molar-refractivity contribution in [3.05, 3.63) is 58.0 Å². The molecule has 0 atom stereocenters. The van der Waals surface area contributed by atoms with E-state index in [9.17, 15) is 0 Å². The number of rotatable bonds is 5. The van der Waals surface area contributed by atoms with Crippen LogP contribution in [0.5, 0.6) is 0 Å². The molecule has 0 aliphatic rings. The van der Waals surface area contributed by atoms with Crippen LogP contribution in [0.15, 0.2) is 34.9 Å². The van der Waals surface area contributed by atoms with Gasteiger partial charge in [-0.2, -0.15) is 0 Å². The summed E-state index contributed by atoms with van der Waals surface area (Å²) < 4.78 is 5.30. The molecule has 2 rings (SSSR count). The number of benzene rings is 1. The van der Waals surface area contributed by atoms with Gasteiger partial charge in [-0.1, -0.05) is 23.7 Å². The Kier molecular flexibility index (Phi) is 4.64. The van der Waals surface area contributed by atoms with E-state index in [0.717, 1.165) is 35.0 Å². The van der Waals surface area contributed by atoms with Crippen molar-refractivity contribution < 1.29 is 4.42 Å². The van der Waals surface area contributed by atoms with E-state index in [1.54, 1.807) is 6.26 Å². The second-order valence-corrected chi connectivity index (χ2v) is 5.21. The van der Waals surface area contributed by atoms with Gasteiger partial charge in [-0.05, 0) is 37.2 Å². The average molecular weight is 279 g/mol. The van der Waals surface area contributed by atoms with Crippen molar-refractivity contribution in [1.82, 2.24) is 4.90 Å². The first kappa shape index (κ1) is 14.1. The molecule has 0 saturated carbocycles. The molecular formula is C15H19ClN2O. The molecule has 0 unspecified atom stereocenters. The maximum atomic E-state index is 6.26. The summed E-state index contributed by atoms with van der Waals surface area (Å²) in [6, 6.07) is 8.01. The zero-order chi connectivity index (χ0) is 13.8. The van der Waals surface area contributed by atoms with Gasteiger partial charge in [-0.15, -0.1) is 0 Å². The molecule has 19 heavy (non-hydrogen) atoms. The van der Waals surface area contributed by atoms with Gasteiger partial charge in [0.15, 0.2) is 0 Å². The standard InChI is InChI=1S/C15H19ClN2O/c1-11-13(5-6-19-11)9-18(2)10-14-4-3-12(8-17)7-15(14)16/h3-7H,8-10,17H2,1-2H3. The van der Waals surface area contributed by atoms with E-state index >= 15 is 0 Å². The maximum Gasteiger partial charge on any atom is 0.105 e. The van der Waals surface area contributed by atoms with Gasteiger partial charge < -0.3 is 10.2 Å². The number of nitrogens with zero attached hydrogens (tertiary/aromatic N) is 1. The Morgan fingerprint density at radius 2 is 1.95 bits per heavy atom. The van der Waals surface area contributed by atoms with Crippen LogP contribution in [0.25, 0.3) is 0 Å². The summed E-state index contributed by atoms with van der Waals surface area (Å²) in [5.74, 6) is 0.969. The molecule has 4 heteroatoms. The summed E-state index contributed by atoms with van der Waals surface area (Å²) in [7, 11) is 2.07. The fourth-order valence-electron chi connectivity index (χ4n) is 2.06. The monoisotopic (exact) mass is 278 g/mol. The number of furan rings is 1. The minimum atomic E-state index is 0.518. The molecule has 3 nitrogen and oxygen atoms in total. The molecule has 2 N–H and O–H groups in total. The molecule has 0 saturated heterocycles. The number of hydrogen-bond acceptors (Lipinski definition) is 3. The highest BCUT2D eigenvalue weighted by atomic mass is 35.5. The van der Waals surface area contributed by atoms with Gasteiger partial charge in [0.05, 0.1) is 6.26 Å². The Hall–Kier alpha value is -1.29. The third-order valence-electron chi connectivity index (χ3n) is 3.20. The van der Waals surface area contributed by atoms with Crippen molar-refractivity contribution in [2.75, 3.05) is 7.05 Å². The van der Waals surface area contributed by atoms with Crippen LogP contribution in [0.4, 0.5) is 0 Å². The van der Waals surface area contributed by atoms with E-state index in [2.05, 4.69) is 11.9 Å². The van der Waals surface area contributed by atoms with Gasteiger partial charge in [0.1, 0.15) is 5.76 Å². The smallest absolute Gasteiger partial charge is 0.105 e. The lowest BCUT2D eigenvalue weighted by Crippen LogP contribution is -2.17. The summed E-state index contributed by atoms with van der Waals surface area (Å²) in [6.45, 7) is 4.14. The van der Waals surface area contributed by atoms with Crippen LogP contribution in [0.3, 0.4) is 0 Å². The Morgan fingerprint density at radius 1 is 1.21 bits per heavy atom. The average Bonchev–Trinajstić information content (AvgIpc) is 2.77. The molecule has 0 bridgehead atoms.